The molecule has 0 unspecified atom stereocenters. The molecule has 1 N–H and O–H groups in total. The molecule has 1 aromatic heterocycles. The lowest BCUT2D eigenvalue weighted by molar-refractivity contribution is 1.21. The molecule has 0 atom stereocenters. The van der Waals surface area contributed by atoms with Gasteiger partial charge in [-0.3, -0.25) is 0 Å². The van der Waals surface area contributed by atoms with E-state index in [-0.39, 0.29) is 0 Å². The van der Waals surface area contributed by atoms with Crippen LogP contribution in [0.3, 0.4) is 0 Å². The smallest absolute Gasteiger partial charge is 0.144 e. The maximum absolute atomic E-state index is 8.73. The molecule has 0 aliphatic rings. The predicted octanol–water partition coefficient (Wildman–Crippen LogP) is 1.94. The maximum atomic E-state index is 8.73. The SMILES string of the molecule is C/C=C/CNc1ncccc1C#N. The molecule has 0 bridgehead atoms. The molecule has 66 valence electrons. The third-order valence-corrected chi connectivity index (χ3v) is 1.55. The number of rotatable bonds is 3. The average Bonchev–Trinajstić information content (AvgIpc) is 2.19. The number of nitrogens with zero attached hydrogens (tertiary/aromatic N) is 2. The van der Waals surface area contributed by atoms with Gasteiger partial charge in [0.05, 0.1) is 5.56 Å². The molecular formula is C10H11N3. The molecule has 0 saturated heterocycles. The third kappa shape index (κ3) is 2.60. The molecule has 3 nitrogen and oxygen atoms in total. The van der Waals surface area contributed by atoms with Gasteiger partial charge in [-0.15, -0.1) is 0 Å². The van der Waals surface area contributed by atoms with Crippen molar-refractivity contribution in [3.63, 3.8) is 0 Å². The van der Waals surface area contributed by atoms with Crippen molar-refractivity contribution in [1.82, 2.24) is 4.98 Å². The molecule has 0 radical (unpaired) electrons. The lowest BCUT2D eigenvalue weighted by Gasteiger charge is -2.02. The number of hydrogen-bond donors (Lipinski definition) is 1. The number of nitrogens with one attached hydrogen (secondary N) is 1. The average molecular weight is 173 g/mol. The summed E-state index contributed by atoms with van der Waals surface area (Å²) in [6.45, 7) is 2.65. The molecular weight excluding hydrogens is 162 g/mol. The van der Waals surface area contributed by atoms with Crippen LogP contribution in [0.5, 0.6) is 0 Å². The van der Waals surface area contributed by atoms with Crippen LogP contribution in [0, 0.1) is 11.3 Å². The van der Waals surface area contributed by atoms with E-state index >= 15 is 0 Å². The second-order valence-electron chi connectivity index (χ2n) is 2.46. The zero-order chi connectivity index (χ0) is 9.52. The van der Waals surface area contributed by atoms with Gasteiger partial charge in [0.25, 0.3) is 0 Å². The Morgan fingerprint density at radius 1 is 1.69 bits per heavy atom. The van der Waals surface area contributed by atoms with Crippen LogP contribution in [-0.2, 0) is 0 Å². The van der Waals surface area contributed by atoms with Crippen LogP contribution >= 0.6 is 0 Å². The minimum absolute atomic E-state index is 0.576. The van der Waals surface area contributed by atoms with Crippen molar-refractivity contribution in [2.24, 2.45) is 0 Å². The summed E-state index contributed by atoms with van der Waals surface area (Å²) in [6, 6.07) is 5.56. The summed E-state index contributed by atoms with van der Waals surface area (Å²) in [4.78, 5) is 4.05. The summed E-state index contributed by atoms with van der Waals surface area (Å²) >= 11 is 0. The number of allylic oxidation sites excluding steroid dienone is 1. The molecule has 0 aliphatic carbocycles. The van der Waals surface area contributed by atoms with Crippen LogP contribution in [0.15, 0.2) is 30.5 Å². The molecule has 1 aromatic rings. The second-order valence-corrected chi connectivity index (χ2v) is 2.46. The highest BCUT2D eigenvalue weighted by Crippen LogP contribution is 2.08. The van der Waals surface area contributed by atoms with E-state index < -0.39 is 0 Å². The van der Waals surface area contributed by atoms with Crippen molar-refractivity contribution in [2.45, 2.75) is 6.92 Å². The Bertz CT molecular complexity index is 336. The van der Waals surface area contributed by atoms with Crippen LogP contribution < -0.4 is 5.32 Å². The van der Waals surface area contributed by atoms with Gasteiger partial charge in [-0.1, -0.05) is 12.2 Å². The lowest BCUT2D eigenvalue weighted by atomic mass is 10.3. The van der Waals surface area contributed by atoms with E-state index in [0.717, 1.165) is 0 Å². The molecule has 0 spiro atoms. The molecule has 0 aromatic carbocycles. The molecule has 3 heteroatoms. The van der Waals surface area contributed by atoms with Gasteiger partial charge in [-0.2, -0.15) is 5.26 Å². The van der Waals surface area contributed by atoms with Gasteiger partial charge < -0.3 is 5.32 Å². The first-order chi connectivity index (χ1) is 6.38. The van der Waals surface area contributed by atoms with Gasteiger partial charge in [0.15, 0.2) is 0 Å². The minimum atomic E-state index is 0.576. The van der Waals surface area contributed by atoms with Crippen LogP contribution in [0.2, 0.25) is 0 Å². The van der Waals surface area contributed by atoms with Gasteiger partial charge in [-0.25, -0.2) is 4.98 Å². The van der Waals surface area contributed by atoms with Crippen molar-refractivity contribution < 1.29 is 0 Å². The maximum Gasteiger partial charge on any atom is 0.144 e. The van der Waals surface area contributed by atoms with Crippen LogP contribution in [0.1, 0.15) is 12.5 Å². The highest BCUT2D eigenvalue weighted by molar-refractivity contribution is 5.51. The number of nitriles is 1. The van der Waals surface area contributed by atoms with E-state index in [4.69, 9.17) is 5.26 Å². The Labute approximate surface area is 77.7 Å². The fraction of sp³-hybridized carbons (Fsp3) is 0.200. The minimum Gasteiger partial charge on any atom is -0.366 e. The Morgan fingerprint density at radius 3 is 3.23 bits per heavy atom. The molecule has 0 amide bonds. The van der Waals surface area contributed by atoms with Crippen LogP contribution in [0.25, 0.3) is 0 Å². The van der Waals surface area contributed by atoms with Crippen LogP contribution in [0.4, 0.5) is 5.82 Å². The predicted molar refractivity (Wildman–Crippen MR) is 52.3 cm³/mol. The van der Waals surface area contributed by atoms with Gasteiger partial charge in [0.1, 0.15) is 11.9 Å². The number of anilines is 1. The van der Waals surface area contributed by atoms with Gasteiger partial charge >= 0.3 is 0 Å². The Kier molecular flexibility index (Phi) is 3.52. The summed E-state index contributed by atoms with van der Waals surface area (Å²) in [5.41, 5.74) is 0.576. The summed E-state index contributed by atoms with van der Waals surface area (Å²) < 4.78 is 0. The third-order valence-electron chi connectivity index (χ3n) is 1.55. The lowest BCUT2D eigenvalue weighted by Crippen LogP contribution is -2.02. The highest BCUT2D eigenvalue weighted by atomic mass is 15.0. The van der Waals surface area contributed by atoms with Gasteiger partial charge in [-0.05, 0) is 19.1 Å². The molecule has 0 fully saturated rings. The fourth-order valence-corrected chi connectivity index (χ4v) is 0.910. The fourth-order valence-electron chi connectivity index (χ4n) is 0.910. The van der Waals surface area contributed by atoms with Crippen molar-refractivity contribution >= 4 is 5.82 Å². The Hall–Kier alpha value is -1.82. The number of aromatic nitrogens is 1. The summed E-state index contributed by atoms with van der Waals surface area (Å²) in [7, 11) is 0. The van der Waals surface area contributed by atoms with E-state index in [0.29, 0.717) is 17.9 Å². The van der Waals surface area contributed by atoms with E-state index in [9.17, 15) is 0 Å². The summed E-state index contributed by atoms with van der Waals surface area (Å²) in [6.07, 6.45) is 5.58. The topological polar surface area (TPSA) is 48.7 Å². The standard InChI is InChI=1S/C10H11N3/c1-2-3-6-12-10-9(8-11)5-4-7-13-10/h2-5,7H,6H2,1H3,(H,12,13)/b3-2+. The highest BCUT2D eigenvalue weighted by Gasteiger charge is 1.98. The first-order valence-corrected chi connectivity index (χ1v) is 4.08. The van der Waals surface area contributed by atoms with Crippen molar-refractivity contribution in [3.8, 4) is 6.07 Å². The summed E-state index contributed by atoms with van der Waals surface area (Å²) in [5.74, 6) is 0.642. The van der Waals surface area contributed by atoms with Gasteiger partial charge in [0, 0.05) is 12.7 Å². The normalized spacial score (nSPS) is 9.85. The van der Waals surface area contributed by atoms with Crippen molar-refractivity contribution in [2.75, 3.05) is 11.9 Å². The molecule has 0 saturated carbocycles. The monoisotopic (exact) mass is 173 g/mol. The van der Waals surface area contributed by atoms with E-state index in [2.05, 4.69) is 16.4 Å². The number of hydrogen-bond acceptors (Lipinski definition) is 3. The zero-order valence-electron chi connectivity index (χ0n) is 7.49. The van der Waals surface area contributed by atoms with E-state index in [1.807, 2.05) is 19.1 Å². The quantitative estimate of drug-likeness (QED) is 0.710. The Morgan fingerprint density at radius 2 is 2.54 bits per heavy atom. The van der Waals surface area contributed by atoms with Crippen molar-refractivity contribution in [1.29, 1.82) is 5.26 Å². The first-order valence-electron chi connectivity index (χ1n) is 4.08. The molecule has 1 heterocycles. The molecule has 0 aliphatic heterocycles. The zero-order valence-corrected chi connectivity index (χ0v) is 7.49. The van der Waals surface area contributed by atoms with Crippen LogP contribution in [-0.4, -0.2) is 11.5 Å². The molecule has 13 heavy (non-hydrogen) atoms. The first kappa shape index (κ1) is 9.27. The van der Waals surface area contributed by atoms with E-state index in [1.54, 1.807) is 18.3 Å². The summed E-state index contributed by atoms with van der Waals surface area (Å²) in [5, 5.41) is 11.8. The number of pyridine rings is 1. The Balaban J connectivity index is 2.71. The largest absolute Gasteiger partial charge is 0.366 e. The van der Waals surface area contributed by atoms with Gasteiger partial charge in [0.2, 0.25) is 0 Å². The van der Waals surface area contributed by atoms with E-state index in [1.165, 1.54) is 0 Å². The van der Waals surface area contributed by atoms with Crippen molar-refractivity contribution in [3.05, 3.63) is 36.0 Å². The second kappa shape index (κ2) is 4.94. The molecule has 1 rings (SSSR count).